The number of rotatable bonds is 6. The number of nitrogens with one attached hydrogen (secondary N) is 1. The van der Waals surface area contributed by atoms with Gasteiger partial charge in [0.05, 0.1) is 23.6 Å². The maximum Gasteiger partial charge on any atom is 0.328 e. The summed E-state index contributed by atoms with van der Waals surface area (Å²) in [4.78, 5) is 23.8. The number of carbonyl (C=O) groups is 2. The molecular formula is C15H19Cl2NO3. The number of halogens is 2. The highest BCUT2D eigenvalue weighted by Crippen LogP contribution is 2.22. The van der Waals surface area contributed by atoms with Crippen molar-refractivity contribution < 1.29 is 14.3 Å². The zero-order valence-corrected chi connectivity index (χ0v) is 13.8. The summed E-state index contributed by atoms with van der Waals surface area (Å²) >= 11 is 11.7. The van der Waals surface area contributed by atoms with Gasteiger partial charge in [0.2, 0.25) is 5.91 Å². The van der Waals surface area contributed by atoms with E-state index in [0.717, 1.165) is 12.0 Å². The van der Waals surface area contributed by atoms with Gasteiger partial charge in [-0.1, -0.05) is 49.5 Å². The van der Waals surface area contributed by atoms with Crippen LogP contribution in [0.4, 0.5) is 0 Å². The van der Waals surface area contributed by atoms with E-state index in [-0.39, 0.29) is 18.2 Å². The fourth-order valence-electron chi connectivity index (χ4n) is 1.86. The number of hydrogen-bond donors (Lipinski definition) is 1. The monoisotopic (exact) mass is 331 g/mol. The third-order valence-electron chi connectivity index (χ3n) is 3.33. The van der Waals surface area contributed by atoms with Crippen molar-refractivity contribution in [3.63, 3.8) is 0 Å². The van der Waals surface area contributed by atoms with Crippen molar-refractivity contribution in [2.75, 3.05) is 7.11 Å². The van der Waals surface area contributed by atoms with Crippen molar-refractivity contribution in [2.24, 2.45) is 5.92 Å². The van der Waals surface area contributed by atoms with Crippen LogP contribution in [0.3, 0.4) is 0 Å². The van der Waals surface area contributed by atoms with Gasteiger partial charge in [-0.25, -0.2) is 4.79 Å². The van der Waals surface area contributed by atoms with Crippen LogP contribution in [0.1, 0.15) is 25.8 Å². The van der Waals surface area contributed by atoms with Gasteiger partial charge in [0, 0.05) is 0 Å². The van der Waals surface area contributed by atoms with Crippen LogP contribution in [0.25, 0.3) is 0 Å². The molecule has 1 amide bonds. The topological polar surface area (TPSA) is 55.4 Å². The highest BCUT2D eigenvalue weighted by atomic mass is 35.5. The minimum absolute atomic E-state index is 0.00444. The van der Waals surface area contributed by atoms with Gasteiger partial charge in [-0.3, -0.25) is 4.79 Å². The molecule has 1 N–H and O–H groups in total. The van der Waals surface area contributed by atoms with Gasteiger partial charge in [-0.05, 0) is 23.6 Å². The lowest BCUT2D eigenvalue weighted by Gasteiger charge is -2.21. The first-order chi connectivity index (χ1) is 9.88. The van der Waals surface area contributed by atoms with Crippen LogP contribution in [0, 0.1) is 5.92 Å². The Kier molecular flexibility index (Phi) is 6.99. The summed E-state index contributed by atoms with van der Waals surface area (Å²) in [6, 6.07) is 4.36. The molecule has 1 aromatic carbocycles. The summed E-state index contributed by atoms with van der Waals surface area (Å²) in [6.45, 7) is 3.84. The number of carbonyl (C=O) groups excluding carboxylic acids is 2. The van der Waals surface area contributed by atoms with E-state index < -0.39 is 12.0 Å². The van der Waals surface area contributed by atoms with Gasteiger partial charge in [0.15, 0.2) is 0 Å². The highest BCUT2D eigenvalue weighted by molar-refractivity contribution is 6.42. The fourth-order valence-corrected chi connectivity index (χ4v) is 2.18. The van der Waals surface area contributed by atoms with Crippen molar-refractivity contribution in [1.82, 2.24) is 5.32 Å². The van der Waals surface area contributed by atoms with E-state index in [2.05, 4.69) is 5.32 Å². The molecule has 0 unspecified atom stereocenters. The molecule has 1 rings (SSSR count). The van der Waals surface area contributed by atoms with Crippen molar-refractivity contribution in [3.05, 3.63) is 33.8 Å². The van der Waals surface area contributed by atoms with E-state index in [9.17, 15) is 9.59 Å². The smallest absolute Gasteiger partial charge is 0.328 e. The molecule has 0 radical (unpaired) electrons. The predicted octanol–water partition coefficient (Wildman–Crippen LogP) is 3.24. The first-order valence-corrected chi connectivity index (χ1v) is 7.45. The average molecular weight is 332 g/mol. The standard InChI is InChI=1S/C15H19Cl2NO3/c1-4-9(2)14(15(20)21-3)18-13(19)8-10-5-6-11(16)12(17)7-10/h5-7,9,14H,4,8H2,1-3H3,(H,18,19)/t9-,14+/m0/s1. The Morgan fingerprint density at radius 2 is 1.95 bits per heavy atom. The van der Waals surface area contributed by atoms with E-state index in [1.54, 1.807) is 18.2 Å². The normalized spacial score (nSPS) is 13.4. The van der Waals surface area contributed by atoms with E-state index in [1.807, 2.05) is 13.8 Å². The molecule has 1 aromatic rings. The minimum atomic E-state index is -0.643. The first-order valence-electron chi connectivity index (χ1n) is 6.70. The second kappa shape index (κ2) is 8.25. The number of hydrogen-bond acceptors (Lipinski definition) is 3. The number of benzene rings is 1. The lowest BCUT2D eigenvalue weighted by molar-refractivity contribution is -0.146. The lowest BCUT2D eigenvalue weighted by Crippen LogP contribution is -2.46. The van der Waals surface area contributed by atoms with E-state index >= 15 is 0 Å². The summed E-state index contributed by atoms with van der Waals surface area (Å²) in [5, 5.41) is 3.55. The maximum absolute atomic E-state index is 12.1. The lowest BCUT2D eigenvalue weighted by atomic mass is 9.99. The summed E-state index contributed by atoms with van der Waals surface area (Å²) < 4.78 is 4.73. The quantitative estimate of drug-likeness (QED) is 0.814. The number of ether oxygens (including phenoxy) is 1. The Balaban J connectivity index is 2.73. The van der Waals surface area contributed by atoms with Crippen LogP contribution < -0.4 is 5.32 Å². The molecule has 0 aliphatic rings. The number of amides is 1. The molecule has 0 saturated carbocycles. The third kappa shape index (κ3) is 5.21. The summed E-state index contributed by atoms with van der Waals surface area (Å²) in [5.41, 5.74) is 0.731. The van der Waals surface area contributed by atoms with Crippen LogP contribution in [-0.4, -0.2) is 25.0 Å². The zero-order chi connectivity index (χ0) is 16.0. The maximum atomic E-state index is 12.1. The minimum Gasteiger partial charge on any atom is -0.467 e. The summed E-state index contributed by atoms with van der Waals surface area (Å²) in [5.74, 6) is -0.703. The van der Waals surface area contributed by atoms with Gasteiger partial charge in [0.25, 0.3) is 0 Å². The zero-order valence-electron chi connectivity index (χ0n) is 12.3. The second-order valence-electron chi connectivity index (χ2n) is 4.88. The summed E-state index contributed by atoms with van der Waals surface area (Å²) in [7, 11) is 1.31. The van der Waals surface area contributed by atoms with Crippen LogP contribution in [0.5, 0.6) is 0 Å². The molecule has 0 aliphatic carbocycles. The fraction of sp³-hybridized carbons (Fsp3) is 0.467. The van der Waals surface area contributed by atoms with Gasteiger partial charge in [-0.2, -0.15) is 0 Å². The van der Waals surface area contributed by atoms with E-state index in [4.69, 9.17) is 27.9 Å². The van der Waals surface area contributed by atoms with E-state index in [0.29, 0.717) is 10.0 Å². The molecular weight excluding hydrogens is 313 g/mol. The molecule has 0 aromatic heterocycles. The highest BCUT2D eigenvalue weighted by Gasteiger charge is 2.26. The van der Waals surface area contributed by atoms with Crippen LogP contribution in [0.15, 0.2) is 18.2 Å². The van der Waals surface area contributed by atoms with Crippen molar-refractivity contribution in [3.8, 4) is 0 Å². The Morgan fingerprint density at radius 3 is 2.48 bits per heavy atom. The number of methoxy groups -OCH3 is 1. The van der Waals surface area contributed by atoms with E-state index in [1.165, 1.54) is 7.11 Å². The van der Waals surface area contributed by atoms with Crippen molar-refractivity contribution in [1.29, 1.82) is 0 Å². The molecule has 2 atom stereocenters. The second-order valence-corrected chi connectivity index (χ2v) is 5.69. The molecule has 0 bridgehead atoms. The Bertz CT molecular complexity index is 520. The van der Waals surface area contributed by atoms with Gasteiger partial charge >= 0.3 is 5.97 Å². The Morgan fingerprint density at radius 1 is 1.29 bits per heavy atom. The first kappa shape index (κ1) is 17.8. The Labute approximate surface area is 134 Å². The van der Waals surface area contributed by atoms with Crippen molar-refractivity contribution >= 4 is 35.1 Å². The summed E-state index contributed by atoms with van der Waals surface area (Å²) in [6.07, 6.45) is 0.883. The van der Waals surface area contributed by atoms with Gasteiger partial charge in [0.1, 0.15) is 6.04 Å². The van der Waals surface area contributed by atoms with Crippen LogP contribution in [-0.2, 0) is 20.7 Å². The Hall–Kier alpha value is -1.26. The molecule has 0 saturated heterocycles. The molecule has 6 heteroatoms. The number of esters is 1. The molecule has 0 spiro atoms. The predicted molar refractivity (Wildman–Crippen MR) is 83.6 cm³/mol. The molecule has 0 fully saturated rings. The molecule has 0 aliphatic heterocycles. The van der Waals surface area contributed by atoms with Crippen LogP contribution in [0.2, 0.25) is 10.0 Å². The van der Waals surface area contributed by atoms with Gasteiger partial charge in [-0.15, -0.1) is 0 Å². The molecule has 0 heterocycles. The third-order valence-corrected chi connectivity index (χ3v) is 4.07. The molecule has 4 nitrogen and oxygen atoms in total. The van der Waals surface area contributed by atoms with Crippen molar-refractivity contribution in [2.45, 2.75) is 32.7 Å². The molecule has 21 heavy (non-hydrogen) atoms. The van der Waals surface area contributed by atoms with Crippen LogP contribution >= 0.6 is 23.2 Å². The molecule has 116 valence electrons. The largest absolute Gasteiger partial charge is 0.467 e. The van der Waals surface area contributed by atoms with Gasteiger partial charge < -0.3 is 10.1 Å². The average Bonchev–Trinajstić information content (AvgIpc) is 2.47. The SMILES string of the molecule is CC[C@H](C)[C@@H](NC(=O)Cc1ccc(Cl)c(Cl)c1)C(=O)OC.